The van der Waals surface area contributed by atoms with Crippen molar-refractivity contribution in [3.63, 3.8) is 0 Å². The van der Waals surface area contributed by atoms with Crippen LogP contribution in [0.5, 0.6) is 0 Å². The summed E-state index contributed by atoms with van der Waals surface area (Å²) in [6, 6.07) is 19.4. The fourth-order valence-electron chi connectivity index (χ4n) is 4.04. The highest BCUT2D eigenvalue weighted by Gasteiger charge is 2.22. The highest BCUT2D eigenvalue weighted by molar-refractivity contribution is 7.89. The summed E-state index contributed by atoms with van der Waals surface area (Å²) in [6.07, 6.45) is 0. The summed E-state index contributed by atoms with van der Waals surface area (Å²) in [5.41, 5.74) is 3.77. The van der Waals surface area contributed by atoms with Gasteiger partial charge < -0.3 is 9.73 Å². The number of nitrogens with one attached hydrogen (secondary N) is 2. The van der Waals surface area contributed by atoms with Crippen LogP contribution in [-0.4, -0.2) is 15.5 Å². The molecule has 1 heterocycles. The van der Waals surface area contributed by atoms with Crippen molar-refractivity contribution in [2.45, 2.75) is 31.7 Å². The molecule has 8 heteroatoms. The van der Waals surface area contributed by atoms with Crippen molar-refractivity contribution < 1.29 is 17.7 Å². The van der Waals surface area contributed by atoms with Crippen LogP contribution in [0.1, 0.15) is 29.7 Å². The van der Waals surface area contributed by atoms with Crippen molar-refractivity contribution in [2.24, 2.45) is 0 Å². The molecule has 0 aliphatic rings. The Morgan fingerprint density at radius 3 is 2.35 bits per heavy atom. The van der Waals surface area contributed by atoms with Crippen LogP contribution in [-0.2, 0) is 14.9 Å². The molecule has 0 aliphatic heterocycles. The molecular weight excluding hydrogens is 452 g/mol. The van der Waals surface area contributed by atoms with Crippen LogP contribution in [0.2, 0.25) is 0 Å². The van der Waals surface area contributed by atoms with E-state index in [1.165, 1.54) is 13.2 Å². The topological polar surface area (TPSA) is 97.6 Å². The lowest BCUT2D eigenvalue weighted by Crippen LogP contribution is -2.23. The maximum atomic E-state index is 13.3. The monoisotopic (exact) mass is 478 g/mol. The van der Waals surface area contributed by atoms with Gasteiger partial charge in [-0.25, -0.2) is 8.42 Å². The average Bonchev–Trinajstić information content (AvgIpc) is 2.82. The molecule has 0 aliphatic carbocycles. The zero-order valence-electron chi connectivity index (χ0n) is 19.4. The van der Waals surface area contributed by atoms with Gasteiger partial charge >= 0.3 is 0 Å². The molecule has 0 amide bonds. The molecule has 1 atom stereocenters. The van der Waals surface area contributed by atoms with Gasteiger partial charge in [0.05, 0.1) is 24.2 Å². The number of hydrogen-bond donors (Lipinski definition) is 2. The maximum absolute atomic E-state index is 13.3. The van der Waals surface area contributed by atoms with Crippen LogP contribution < -0.4 is 15.6 Å². The molecule has 0 bridgehead atoms. The summed E-state index contributed by atoms with van der Waals surface area (Å²) in [5, 5.41) is 3.76. The van der Waals surface area contributed by atoms with Gasteiger partial charge in [0.15, 0.2) is 5.43 Å². The molecular formula is C26H26N2O5S. The molecule has 176 valence electrons. The van der Waals surface area contributed by atoms with Crippen molar-refractivity contribution >= 4 is 26.7 Å². The van der Waals surface area contributed by atoms with Gasteiger partial charge in [0, 0.05) is 16.7 Å². The Morgan fingerprint density at radius 2 is 1.65 bits per heavy atom. The standard InChI is InChI=1S/C26H26N2O5S/c1-16-14-20(18(3)27-22-12-8-9-13-23(22)34(30,31)28-32-4)26-21(15-16)24(29)17(2)25(33-26)19-10-6-5-7-11-19/h5-15,18,27-28H,1-4H3. The summed E-state index contributed by atoms with van der Waals surface area (Å²) in [7, 11) is -2.64. The van der Waals surface area contributed by atoms with E-state index in [1.807, 2.05) is 61.2 Å². The Bertz CT molecular complexity index is 1510. The van der Waals surface area contributed by atoms with Crippen molar-refractivity contribution in [1.29, 1.82) is 0 Å². The average molecular weight is 479 g/mol. The fourth-order valence-corrected chi connectivity index (χ4v) is 5.02. The quantitative estimate of drug-likeness (QED) is 0.359. The highest BCUT2D eigenvalue weighted by Crippen LogP contribution is 2.33. The summed E-state index contributed by atoms with van der Waals surface area (Å²) >= 11 is 0. The predicted octanol–water partition coefficient (Wildman–Crippen LogP) is 5.09. The van der Waals surface area contributed by atoms with Crippen molar-refractivity contribution in [3.8, 4) is 11.3 Å². The van der Waals surface area contributed by atoms with Gasteiger partial charge in [-0.2, -0.15) is 0 Å². The van der Waals surface area contributed by atoms with E-state index in [0.717, 1.165) is 16.7 Å². The molecule has 4 rings (SSSR count). The first-order valence-corrected chi connectivity index (χ1v) is 12.2. The first kappa shape index (κ1) is 23.7. The number of rotatable bonds is 7. The van der Waals surface area contributed by atoms with E-state index in [9.17, 15) is 13.2 Å². The lowest BCUT2D eigenvalue weighted by atomic mass is 9.99. The Labute approximate surface area is 198 Å². The van der Waals surface area contributed by atoms with Crippen LogP contribution in [0.25, 0.3) is 22.3 Å². The van der Waals surface area contributed by atoms with Crippen LogP contribution in [0.4, 0.5) is 5.69 Å². The first-order valence-electron chi connectivity index (χ1n) is 10.8. The number of para-hydroxylation sites is 1. The van der Waals surface area contributed by atoms with Crippen LogP contribution in [0, 0.1) is 13.8 Å². The van der Waals surface area contributed by atoms with Crippen molar-refractivity contribution in [2.75, 3.05) is 12.4 Å². The number of benzene rings is 3. The van der Waals surface area contributed by atoms with E-state index >= 15 is 0 Å². The van der Waals surface area contributed by atoms with Crippen LogP contribution in [0.3, 0.4) is 0 Å². The molecule has 1 unspecified atom stereocenters. The summed E-state index contributed by atoms with van der Waals surface area (Å²) in [4.78, 5) is 20.0. The van der Waals surface area contributed by atoms with E-state index in [0.29, 0.717) is 28.0 Å². The zero-order valence-corrected chi connectivity index (χ0v) is 20.2. The van der Waals surface area contributed by atoms with Gasteiger partial charge in [-0.05, 0) is 44.5 Å². The van der Waals surface area contributed by atoms with Gasteiger partial charge in [0.1, 0.15) is 16.2 Å². The minimum absolute atomic E-state index is 0.0444. The van der Waals surface area contributed by atoms with E-state index in [2.05, 4.69) is 10.2 Å². The smallest absolute Gasteiger partial charge is 0.264 e. The molecule has 2 N–H and O–H groups in total. The molecule has 0 spiro atoms. The molecule has 0 saturated heterocycles. The molecule has 4 aromatic rings. The Morgan fingerprint density at radius 1 is 0.971 bits per heavy atom. The third-order valence-corrected chi connectivity index (χ3v) is 6.96. The molecule has 34 heavy (non-hydrogen) atoms. The number of hydrogen-bond acceptors (Lipinski definition) is 6. The zero-order chi connectivity index (χ0) is 24.5. The van der Waals surface area contributed by atoms with E-state index in [1.54, 1.807) is 25.1 Å². The van der Waals surface area contributed by atoms with Gasteiger partial charge in [0.25, 0.3) is 10.0 Å². The summed E-state index contributed by atoms with van der Waals surface area (Å²) in [6.45, 7) is 5.57. The third kappa shape index (κ3) is 4.48. The predicted molar refractivity (Wildman–Crippen MR) is 133 cm³/mol. The highest BCUT2D eigenvalue weighted by atomic mass is 32.2. The fraction of sp³-hybridized carbons (Fsp3) is 0.192. The number of sulfonamides is 1. The Kier molecular flexibility index (Phi) is 6.56. The molecule has 7 nitrogen and oxygen atoms in total. The molecule has 0 fully saturated rings. The first-order chi connectivity index (χ1) is 16.2. The Hall–Kier alpha value is -3.46. The molecule has 0 radical (unpaired) electrons. The minimum atomic E-state index is -3.88. The largest absolute Gasteiger partial charge is 0.455 e. The number of aryl methyl sites for hydroxylation is 1. The van der Waals surface area contributed by atoms with Gasteiger partial charge in [-0.15, -0.1) is 0 Å². The number of fused-ring (bicyclic) bond motifs is 1. The third-order valence-electron chi connectivity index (χ3n) is 5.64. The molecule has 0 saturated carbocycles. The van der Waals surface area contributed by atoms with E-state index in [4.69, 9.17) is 4.42 Å². The van der Waals surface area contributed by atoms with Gasteiger partial charge in [-0.1, -0.05) is 53.4 Å². The van der Waals surface area contributed by atoms with Crippen LogP contribution in [0.15, 0.2) is 80.8 Å². The number of anilines is 1. The van der Waals surface area contributed by atoms with Crippen LogP contribution >= 0.6 is 0 Å². The summed E-state index contributed by atoms with van der Waals surface area (Å²) < 4.78 is 31.5. The maximum Gasteiger partial charge on any atom is 0.264 e. The van der Waals surface area contributed by atoms with Gasteiger partial charge in [0.2, 0.25) is 0 Å². The second-order valence-electron chi connectivity index (χ2n) is 8.14. The molecule has 1 aromatic heterocycles. The lowest BCUT2D eigenvalue weighted by Gasteiger charge is -2.20. The second kappa shape index (κ2) is 9.42. The minimum Gasteiger partial charge on any atom is -0.455 e. The normalized spacial score (nSPS) is 12.6. The lowest BCUT2D eigenvalue weighted by molar-refractivity contribution is 0.153. The van der Waals surface area contributed by atoms with E-state index in [-0.39, 0.29) is 16.4 Å². The SMILES string of the molecule is CONS(=O)(=O)c1ccccc1NC(C)c1cc(C)cc2c(=O)c(C)c(-c3ccccc3)oc12. The van der Waals surface area contributed by atoms with Gasteiger partial charge in [-0.3, -0.25) is 9.63 Å². The molecule has 3 aromatic carbocycles. The summed E-state index contributed by atoms with van der Waals surface area (Å²) in [5.74, 6) is 0.516. The Balaban J connectivity index is 1.86. The second-order valence-corrected chi connectivity index (χ2v) is 9.75. The van der Waals surface area contributed by atoms with E-state index < -0.39 is 10.0 Å². The van der Waals surface area contributed by atoms with Crippen molar-refractivity contribution in [3.05, 3.63) is 93.6 Å². The van der Waals surface area contributed by atoms with Crippen molar-refractivity contribution in [1.82, 2.24) is 4.89 Å².